The third-order valence-electron chi connectivity index (χ3n) is 4.50. The molecule has 0 radical (unpaired) electrons. The van der Waals surface area contributed by atoms with E-state index in [1.165, 1.54) is 29.2 Å². The highest BCUT2D eigenvalue weighted by molar-refractivity contribution is 14.0. The van der Waals surface area contributed by atoms with Crippen molar-refractivity contribution in [1.82, 2.24) is 20.3 Å². The van der Waals surface area contributed by atoms with E-state index in [4.69, 9.17) is 0 Å². The Bertz CT molecular complexity index is 1090. The molecule has 0 aliphatic rings. The molecule has 0 saturated carbocycles. The van der Waals surface area contributed by atoms with Gasteiger partial charge in [0.25, 0.3) is 0 Å². The summed E-state index contributed by atoms with van der Waals surface area (Å²) in [5.74, 6) is 0.603. The van der Waals surface area contributed by atoms with Gasteiger partial charge in [-0.3, -0.25) is 9.98 Å². The standard InChI is InChI=1S/C21H25N5O2S.HI/c1-16(18-10-9-17-6-3-4-7-19(17)14-18)26-21(22-2)24-12-13-25-29(27,28)20-8-5-11-23-15-20;/h3-11,14-16,25H,12-13H2,1-2H3,(H2,22,24,26);1H. The summed E-state index contributed by atoms with van der Waals surface area (Å²) >= 11 is 0. The highest BCUT2D eigenvalue weighted by Crippen LogP contribution is 2.20. The Labute approximate surface area is 194 Å². The molecular weight excluding hydrogens is 513 g/mol. The van der Waals surface area contributed by atoms with Crippen molar-refractivity contribution in [2.24, 2.45) is 4.99 Å². The van der Waals surface area contributed by atoms with E-state index in [2.05, 4.69) is 62.6 Å². The van der Waals surface area contributed by atoms with Crippen molar-refractivity contribution >= 4 is 50.7 Å². The molecule has 0 fully saturated rings. The van der Waals surface area contributed by atoms with Crippen LogP contribution in [0, 0.1) is 0 Å². The second-order valence-corrected chi connectivity index (χ2v) is 8.33. The second kappa shape index (κ2) is 11.2. The van der Waals surface area contributed by atoms with Crippen molar-refractivity contribution in [2.45, 2.75) is 17.9 Å². The molecule has 3 aromatic rings. The lowest BCUT2D eigenvalue weighted by atomic mass is 10.0. The lowest BCUT2D eigenvalue weighted by Crippen LogP contribution is -2.42. The van der Waals surface area contributed by atoms with Gasteiger partial charge in [-0.05, 0) is 41.5 Å². The molecule has 0 amide bonds. The zero-order chi connectivity index (χ0) is 20.7. The number of aromatic nitrogens is 1. The molecule has 0 aliphatic heterocycles. The maximum atomic E-state index is 12.2. The van der Waals surface area contributed by atoms with Gasteiger partial charge in [0.2, 0.25) is 10.0 Å². The van der Waals surface area contributed by atoms with Crippen LogP contribution in [0.2, 0.25) is 0 Å². The van der Waals surface area contributed by atoms with Crippen molar-refractivity contribution in [1.29, 1.82) is 0 Å². The van der Waals surface area contributed by atoms with Gasteiger partial charge in [0.05, 0.1) is 6.04 Å². The van der Waals surface area contributed by atoms with Gasteiger partial charge in [-0.2, -0.15) is 0 Å². The summed E-state index contributed by atoms with van der Waals surface area (Å²) in [4.78, 5) is 8.20. The lowest BCUT2D eigenvalue weighted by Gasteiger charge is -2.19. The summed E-state index contributed by atoms with van der Waals surface area (Å²) in [5, 5.41) is 8.84. The van der Waals surface area contributed by atoms with Gasteiger partial charge < -0.3 is 10.6 Å². The Kier molecular flexibility index (Phi) is 9.00. The van der Waals surface area contributed by atoms with Crippen LogP contribution in [-0.4, -0.2) is 39.5 Å². The zero-order valence-corrected chi connectivity index (χ0v) is 20.0. The number of sulfonamides is 1. The van der Waals surface area contributed by atoms with E-state index >= 15 is 0 Å². The van der Waals surface area contributed by atoms with Crippen molar-refractivity contribution in [3.05, 3.63) is 72.6 Å². The maximum absolute atomic E-state index is 12.2. The molecule has 2 aromatic carbocycles. The van der Waals surface area contributed by atoms with Crippen LogP contribution >= 0.6 is 24.0 Å². The Morgan fingerprint density at radius 1 is 1.07 bits per heavy atom. The van der Waals surface area contributed by atoms with Gasteiger partial charge in [-0.25, -0.2) is 13.1 Å². The van der Waals surface area contributed by atoms with Gasteiger partial charge in [0.15, 0.2) is 5.96 Å². The molecule has 0 aliphatic carbocycles. The van der Waals surface area contributed by atoms with Crippen LogP contribution in [0.3, 0.4) is 0 Å². The molecule has 0 spiro atoms. The van der Waals surface area contributed by atoms with Crippen LogP contribution in [-0.2, 0) is 10.0 Å². The van der Waals surface area contributed by atoms with Crippen LogP contribution in [0.25, 0.3) is 10.8 Å². The Hall–Kier alpha value is -2.24. The van der Waals surface area contributed by atoms with Gasteiger partial charge in [0, 0.05) is 32.5 Å². The summed E-state index contributed by atoms with van der Waals surface area (Å²) in [6.07, 6.45) is 2.86. The number of hydrogen-bond donors (Lipinski definition) is 3. The van der Waals surface area contributed by atoms with Crippen LogP contribution in [0.4, 0.5) is 0 Å². The van der Waals surface area contributed by atoms with E-state index in [0.29, 0.717) is 12.5 Å². The van der Waals surface area contributed by atoms with Crippen molar-refractivity contribution in [3.63, 3.8) is 0 Å². The molecule has 1 atom stereocenters. The quantitative estimate of drug-likeness (QED) is 0.186. The number of nitrogens with zero attached hydrogens (tertiary/aromatic N) is 2. The first-order valence-electron chi connectivity index (χ1n) is 9.35. The van der Waals surface area contributed by atoms with Crippen molar-refractivity contribution in [2.75, 3.05) is 20.1 Å². The molecule has 7 nitrogen and oxygen atoms in total. The number of aliphatic imine (C=N–C) groups is 1. The first kappa shape index (κ1) is 24.0. The number of pyridine rings is 1. The summed E-state index contributed by atoms with van der Waals surface area (Å²) in [6, 6.07) is 17.7. The van der Waals surface area contributed by atoms with Crippen LogP contribution in [0.5, 0.6) is 0 Å². The predicted molar refractivity (Wildman–Crippen MR) is 132 cm³/mol. The molecule has 0 saturated heterocycles. The van der Waals surface area contributed by atoms with E-state index in [-0.39, 0.29) is 41.5 Å². The average Bonchev–Trinajstić information content (AvgIpc) is 2.76. The van der Waals surface area contributed by atoms with E-state index in [9.17, 15) is 8.42 Å². The molecule has 160 valence electrons. The third kappa shape index (κ3) is 6.38. The fourth-order valence-corrected chi connectivity index (χ4v) is 3.91. The van der Waals surface area contributed by atoms with E-state index in [1.807, 2.05) is 12.1 Å². The number of halogens is 1. The van der Waals surface area contributed by atoms with Crippen LogP contribution < -0.4 is 15.4 Å². The SMILES string of the molecule is CN=C(NCCNS(=O)(=O)c1cccnc1)NC(C)c1ccc2ccccc2c1.I. The van der Waals surface area contributed by atoms with Crippen molar-refractivity contribution in [3.8, 4) is 0 Å². The molecular formula is C21H26IN5O2S. The summed E-state index contributed by atoms with van der Waals surface area (Å²) in [6.45, 7) is 2.67. The fourth-order valence-electron chi connectivity index (χ4n) is 2.92. The molecule has 9 heteroatoms. The number of benzene rings is 2. The highest BCUT2D eigenvalue weighted by atomic mass is 127. The first-order chi connectivity index (χ1) is 14.0. The monoisotopic (exact) mass is 539 g/mol. The zero-order valence-electron chi connectivity index (χ0n) is 16.9. The highest BCUT2D eigenvalue weighted by Gasteiger charge is 2.13. The molecule has 30 heavy (non-hydrogen) atoms. The molecule has 1 aromatic heterocycles. The third-order valence-corrected chi connectivity index (χ3v) is 5.95. The topological polar surface area (TPSA) is 95.5 Å². The normalized spacial score (nSPS) is 12.8. The minimum absolute atomic E-state index is 0. The first-order valence-corrected chi connectivity index (χ1v) is 10.8. The van der Waals surface area contributed by atoms with E-state index in [1.54, 1.807) is 13.1 Å². The molecule has 3 rings (SSSR count). The largest absolute Gasteiger partial charge is 0.355 e. The summed E-state index contributed by atoms with van der Waals surface area (Å²) in [7, 11) is -1.88. The van der Waals surface area contributed by atoms with Crippen LogP contribution in [0.1, 0.15) is 18.5 Å². The van der Waals surface area contributed by atoms with Gasteiger partial charge in [-0.1, -0.05) is 36.4 Å². The molecule has 1 heterocycles. The Balaban J connectivity index is 0.00000320. The minimum Gasteiger partial charge on any atom is -0.355 e. The van der Waals surface area contributed by atoms with Crippen molar-refractivity contribution < 1.29 is 8.42 Å². The number of fused-ring (bicyclic) bond motifs is 1. The summed E-state index contributed by atoms with van der Waals surface area (Å²) in [5.41, 5.74) is 1.14. The molecule has 0 bridgehead atoms. The van der Waals surface area contributed by atoms with Gasteiger partial charge in [0.1, 0.15) is 4.90 Å². The number of rotatable bonds is 7. The smallest absolute Gasteiger partial charge is 0.242 e. The van der Waals surface area contributed by atoms with Gasteiger partial charge >= 0.3 is 0 Å². The predicted octanol–water partition coefficient (Wildman–Crippen LogP) is 3.06. The van der Waals surface area contributed by atoms with E-state index < -0.39 is 10.0 Å². The van der Waals surface area contributed by atoms with E-state index in [0.717, 1.165) is 5.56 Å². The number of hydrogen-bond acceptors (Lipinski definition) is 4. The fraction of sp³-hybridized carbons (Fsp3) is 0.238. The lowest BCUT2D eigenvalue weighted by molar-refractivity contribution is 0.579. The summed E-state index contributed by atoms with van der Waals surface area (Å²) < 4.78 is 26.9. The van der Waals surface area contributed by atoms with Crippen LogP contribution in [0.15, 0.2) is 76.9 Å². The second-order valence-electron chi connectivity index (χ2n) is 6.56. The molecule has 1 unspecified atom stereocenters. The Morgan fingerprint density at radius 3 is 2.53 bits per heavy atom. The number of nitrogens with one attached hydrogen (secondary N) is 3. The minimum atomic E-state index is -3.56. The molecule has 3 N–H and O–H groups in total. The Morgan fingerprint density at radius 2 is 1.83 bits per heavy atom. The average molecular weight is 539 g/mol. The van der Waals surface area contributed by atoms with Gasteiger partial charge in [-0.15, -0.1) is 24.0 Å². The number of guanidine groups is 1. The maximum Gasteiger partial charge on any atom is 0.242 e.